The predicted molar refractivity (Wildman–Crippen MR) is 100 cm³/mol. The molecule has 0 aromatic carbocycles. The lowest BCUT2D eigenvalue weighted by molar-refractivity contribution is -0.143. The molecule has 0 amide bonds. The van der Waals surface area contributed by atoms with Gasteiger partial charge in [-0.1, -0.05) is 6.07 Å². The number of rotatable bonds is 9. The number of likely N-dealkylation sites (tertiary alicyclic amines) is 1. The van der Waals surface area contributed by atoms with Crippen LogP contribution in [0.5, 0.6) is 5.88 Å². The number of aliphatic imine (C=N–C) groups is 1. The number of nitrogens with zero attached hydrogens (tertiary/aromatic N) is 3. The number of methoxy groups -OCH3 is 1. The molecule has 7 nitrogen and oxygen atoms in total. The molecular weight excluding hydrogens is 375 g/mol. The Balaban J connectivity index is 1.94. The highest BCUT2D eigenvalue weighted by molar-refractivity contribution is 5.80. The number of nitrogens with one attached hydrogen (secondary N) is 2. The number of alkyl halides is 3. The van der Waals surface area contributed by atoms with Crippen molar-refractivity contribution in [1.82, 2.24) is 20.5 Å². The van der Waals surface area contributed by atoms with Gasteiger partial charge in [-0.3, -0.25) is 4.90 Å². The van der Waals surface area contributed by atoms with E-state index in [0.29, 0.717) is 57.7 Å². The minimum atomic E-state index is -4.17. The van der Waals surface area contributed by atoms with E-state index in [1.807, 2.05) is 13.0 Å². The molecule has 2 heterocycles. The van der Waals surface area contributed by atoms with Gasteiger partial charge in [0.05, 0.1) is 19.7 Å². The van der Waals surface area contributed by atoms with Crippen LogP contribution in [0.15, 0.2) is 23.3 Å². The summed E-state index contributed by atoms with van der Waals surface area (Å²) in [5, 5.41) is 6.35. The summed E-state index contributed by atoms with van der Waals surface area (Å²) in [5.74, 6) is 1.06. The fraction of sp³-hybridized carbons (Fsp3) is 0.667. The van der Waals surface area contributed by atoms with E-state index in [9.17, 15) is 13.2 Å². The third-order valence-electron chi connectivity index (χ3n) is 4.14. The third kappa shape index (κ3) is 7.89. The monoisotopic (exact) mass is 403 g/mol. The Morgan fingerprint density at radius 3 is 2.93 bits per heavy atom. The normalized spacial score (nSPS) is 18.3. The number of guanidine groups is 1. The highest BCUT2D eigenvalue weighted by Crippen LogP contribution is 2.20. The SMILES string of the molecule is CCNC(=NCc1cccnc1OCCOC)NC1CCN(CC(F)(F)F)C1. The van der Waals surface area contributed by atoms with Crippen LogP contribution in [0.1, 0.15) is 18.9 Å². The molecule has 2 N–H and O–H groups in total. The van der Waals surface area contributed by atoms with Gasteiger partial charge in [-0.15, -0.1) is 0 Å². The van der Waals surface area contributed by atoms with Gasteiger partial charge in [0.2, 0.25) is 5.88 Å². The maximum Gasteiger partial charge on any atom is 0.401 e. The summed E-state index contributed by atoms with van der Waals surface area (Å²) in [6.07, 6.45) is -1.89. The van der Waals surface area contributed by atoms with Crippen LogP contribution in [0.2, 0.25) is 0 Å². The first-order chi connectivity index (χ1) is 13.4. The lowest BCUT2D eigenvalue weighted by Crippen LogP contribution is -2.45. The van der Waals surface area contributed by atoms with Crippen molar-refractivity contribution in [1.29, 1.82) is 0 Å². The number of aromatic nitrogens is 1. The number of hydrogen-bond acceptors (Lipinski definition) is 5. The fourth-order valence-corrected chi connectivity index (χ4v) is 2.92. The molecule has 1 aromatic heterocycles. The number of halogens is 3. The topological polar surface area (TPSA) is 71.0 Å². The van der Waals surface area contributed by atoms with E-state index in [-0.39, 0.29) is 6.04 Å². The summed E-state index contributed by atoms with van der Waals surface area (Å²) in [5.41, 5.74) is 0.820. The second-order valence-corrected chi connectivity index (χ2v) is 6.48. The molecule has 10 heteroatoms. The Morgan fingerprint density at radius 2 is 2.21 bits per heavy atom. The summed E-state index contributed by atoms with van der Waals surface area (Å²) in [7, 11) is 1.60. The maximum absolute atomic E-state index is 12.6. The van der Waals surface area contributed by atoms with Crippen LogP contribution in [0.4, 0.5) is 13.2 Å². The highest BCUT2D eigenvalue weighted by atomic mass is 19.4. The van der Waals surface area contributed by atoms with Crippen LogP contribution >= 0.6 is 0 Å². The summed E-state index contributed by atoms with van der Waals surface area (Å²) >= 11 is 0. The van der Waals surface area contributed by atoms with Gasteiger partial charge in [0.1, 0.15) is 6.61 Å². The minimum absolute atomic E-state index is 0.0773. The third-order valence-corrected chi connectivity index (χ3v) is 4.14. The molecule has 0 saturated carbocycles. The second kappa shape index (κ2) is 11.1. The van der Waals surface area contributed by atoms with Gasteiger partial charge >= 0.3 is 6.18 Å². The van der Waals surface area contributed by atoms with E-state index in [2.05, 4.69) is 20.6 Å². The molecule has 28 heavy (non-hydrogen) atoms. The summed E-state index contributed by atoms with van der Waals surface area (Å²) in [6.45, 7) is 3.64. The van der Waals surface area contributed by atoms with Gasteiger partial charge < -0.3 is 20.1 Å². The van der Waals surface area contributed by atoms with Crippen molar-refractivity contribution in [3.8, 4) is 5.88 Å². The predicted octanol–water partition coefficient (Wildman–Crippen LogP) is 1.80. The van der Waals surface area contributed by atoms with Crippen LogP contribution in [-0.2, 0) is 11.3 Å². The Labute approximate surface area is 163 Å². The van der Waals surface area contributed by atoms with E-state index in [0.717, 1.165) is 5.56 Å². The average molecular weight is 403 g/mol. The molecule has 1 saturated heterocycles. The van der Waals surface area contributed by atoms with Crippen LogP contribution in [-0.4, -0.2) is 74.6 Å². The summed E-state index contributed by atoms with van der Waals surface area (Å²) in [6, 6.07) is 3.61. The molecule has 1 fully saturated rings. The van der Waals surface area contributed by atoms with E-state index >= 15 is 0 Å². The fourth-order valence-electron chi connectivity index (χ4n) is 2.92. The molecule has 0 spiro atoms. The van der Waals surface area contributed by atoms with Gasteiger partial charge in [-0.25, -0.2) is 9.98 Å². The molecule has 1 aliphatic rings. The molecule has 1 aromatic rings. The standard InChI is InChI=1S/C18H28F3N5O2/c1-3-22-17(25-15-6-8-26(12-15)13-18(19,20)21)24-11-14-5-4-7-23-16(14)28-10-9-27-2/h4-5,7,15H,3,6,8-13H2,1-2H3,(H2,22,24,25). The van der Waals surface area contributed by atoms with Crippen LogP contribution < -0.4 is 15.4 Å². The lowest BCUT2D eigenvalue weighted by Gasteiger charge is -2.19. The molecule has 2 rings (SSSR count). The average Bonchev–Trinajstić information content (AvgIpc) is 3.06. The largest absolute Gasteiger partial charge is 0.475 e. The van der Waals surface area contributed by atoms with Crippen molar-refractivity contribution in [2.45, 2.75) is 32.1 Å². The van der Waals surface area contributed by atoms with Crippen LogP contribution in [0.25, 0.3) is 0 Å². The van der Waals surface area contributed by atoms with Crippen molar-refractivity contribution < 1.29 is 22.6 Å². The van der Waals surface area contributed by atoms with Crippen LogP contribution in [0, 0.1) is 0 Å². The van der Waals surface area contributed by atoms with Crippen molar-refractivity contribution in [3.05, 3.63) is 23.9 Å². The highest BCUT2D eigenvalue weighted by Gasteiger charge is 2.34. The summed E-state index contributed by atoms with van der Waals surface area (Å²) in [4.78, 5) is 10.2. The van der Waals surface area contributed by atoms with E-state index < -0.39 is 12.7 Å². The molecule has 1 atom stereocenters. The van der Waals surface area contributed by atoms with Crippen LogP contribution in [0.3, 0.4) is 0 Å². The minimum Gasteiger partial charge on any atom is -0.475 e. The Kier molecular flexibility index (Phi) is 8.78. The van der Waals surface area contributed by atoms with E-state index in [4.69, 9.17) is 9.47 Å². The van der Waals surface area contributed by atoms with Crippen molar-refractivity contribution in [3.63, 3.8) is 0 Å². The van der Waals surface area contributed by atoms with Gasteiger partial charge in [0, 0.05) is 44.5 Å². The van der Waals surface area contributed by atoms with Gasteiger partial charge in [0.15, 0.2) is 5.96 Å². The molecule has 0 aliphatic carbocycles. The Hall–Kier alpha value is -2.07. The Morgan fingerprint density at radius 1 is 1.39 bits per heavy atom. The quantitative estimate of drug-likeness (QED) is 0.372. The zero-order valence-corrected chi connectivity index (χ0v) is 16.3. The maximum atomic E-state index is 12.6. The molecule has 158 valence electrons. The number of hydrogen-bond donors (Lipinski definition) is 2. The zero-order chi connectivity index (χ0) is 20.4. The molecule has 1 aliphatic heterocycles. The van der Waals surface area contributed by atoms with Crippen molar-refractivity contribution in [2.24, 2.45) is 4.99 Å². The molecular formula is C18H28F3N5O2. The van der Waals surface area contributed by atoms with E-state index in [1.165, 1.54) is 4.90 Å². The summed E-state index contributed by atoms with van der Waals surface area (Å²) < 4.78 is 48.2. The first-order valence-corrected chi connectivity index (χ1v) is 9.31. The lowest BCUT2D eigenvalue weighted by atomic mass is 10.2. The number of pyridine rings is 1. The Bertz CT molecular complexity index is 627. The first-order valence-electron chi connectivity index (χ1n) is 9.31. The number of ether oxygens (including phenoxy) is 2. The molecule has 0 radical (unpaired) electrons. The van der Waals surface area contributed by atoms with Gasteiger partial charge in [-0.05, 0) is 19.4 Å². The molecule has 0 bridgehead atoms. The van der Waals surface area contributed by atoms with Crippen molar-refractivity contribution in [2.75, 3.05) is 46.5 Å². The van der Waals surface area contributed by atoms with Gasteiger partial charge in [0.25, 0.3) is 0 Å². The first kappa shape index (κ1) is 22.2. The van der Waals surface area contributed by atoms with Crippen molar-refractivity contribution >= 4 is 5.96 Å². The van der Waals surface area contributed by atoms with E-state index in [1.54, 1.807) is 19.4 Å². The molecule has 1 unspecified atom stereocenters. The van der Waals surface area contributed by atoms with Gasteiger partial charge in [-0.2, -0.15) is 13.2 Å². The second-order valence-electron chi connectivity index (χ2n) is 6.48. The zero-order valence-electron chi connectivity index (χ0n) is 16.3. The smallest absolute Gasteiger partial charge is 0.401 e.